The molecule has 20 heavy (non-hydrogen) atoms. The molecule has 4 heteroatoms. The first kappa shape index (κ1) is 17.0. The average Bonchev–Trinajstić information content (AvgIpc) is 2.79. The maximum absolute atomic E-state index is 12.2. The maximum Gasteiger partial charge on any atom is 0.222 e. The third kappa shape index (κ3) is 4.22. The van der Waals surface area contributed by atoms with Crippen LogP contribution in [-0.2, 0) is 4.79 Å². The van der Waals surface area contributed by atoms with Gasteiger partial charge in [0.2, 0.25) is 5.91 Å². The fourth-order valence-electron chi connectivity index (χ4n) is 2.84. The standard InChI is InChI=1S/C16H24N2O.ClH/c1-12(17)8-9-16(19)18-11-15(10-13(18)2)14-6-4-3-5-7-14;/h3-7,12-13,15H,8-11,17H2,1-2H3;1H. The highest BCUT2D eigenvalue weighted by atomic mass is 35.5. The maximum atomic E-state index is 12.2. The van der Waals surface area contributed by atoms with Gasteiger partial charge in [-0.3, -0.25) is 4.79 Å². The minimum absolute atomic E-state index is 0. The molecule has 1 amide bonds. The molecule has 1 aliphatic heterocycles. The van der Waals surface area contributed by atoms with E-state index in [1.165, 1.54) is 5.56 Å². The van der Waals surface area contributed by atoms with Gasteiger partial charge in [0.15, 0.2) is 0 Å². The van der Waals surface area contributed by atoms with Crippen LogP contribution in [0.2, 0.25) is 0 Å². The lowest BCUT2D eigenvalue weighted by Crippen LogP contribution is -2.34. The van der Waals surface area contributed by atoms with Crippen LogP contribution >= 0.6 is 12.4 Å². The Kier molecular flexibility index (Phi) is 6.50. The summed E-state index contributed by atoms with van der Waals surface area (Å²) in [5.74, 6) is 0.735. The smallest absolute Gasteiger partial charge is 0.222 e. The van der Waals surface area contributed by atoms with Gasteiger partial charge in [-0.1, -0.05) is 30.3 Å². The van der Waals surface area contributed by atoms with E-state index in [1.807, 2.05) is 17.9 Å². The van der Waals surface area contributed by atoms with Gasteiger partial charge in [0, 0.05) is 31.0 Å². The lowest BCUT2D eigenvalue weighted by Gasteiger charge is -2.22. The van der Waals surface area contributed by atoms with Crippen molar-refractivity contribution in [1.82, 2.24) is 4.90 Å². The van der Waals surface area contributed by atoms with E-state index in [2.05, 4.69) is 31.2 Å². The summed E-state index contributed by atoms with van der Waals surface area (Å²) in [6.45, 7) is 4.95. The van der Waals surface area contributed by atoms with Gasteiger partial charge in [0.25, 0.3) is 0 Å². The summed E-state index contributed by atoms with van der Waals surface area (Å²) in [6.07, 6.45) is 2.41. The van der Waals surface area contributed by atoms with Gasteiger partial charge < -0.3 is 10.6 Å². The largest absolute Gasteiger partial charge is 0.339 e. The SMILES string of the molecule is CC(N)CCC(=O)N1CC(c2ccccc2)CC1C.Cl. The molecule has 3 unspecified atom stereocenters. The zero-order chi connectivity index (χ0) is 13.8. The number of nitrogens with two attached hydrogens (primary N) is 1. The van der Waals surface area contributed by atoms with Crippen molar-refractivity contribution in [2.24, 2.45) is 5.73 Å². The Morgan fingerprint density at radius 3 is 2.65 bits per heavy atom. The van der Waals surface area contributed by atoms with Gasteiger partial charge in [-0.15, -0.1) is 12.4 Å². The molecule has 3 atom stereocenters. The predicted molar refractivity (Wildman–Crippen MR) is 85.1 cm³/mol. The molecule has 1 heterocycles. The molecule has 0 bridgehead atoms. The minimum Gasteiger partial charge on any atom is -0.339 e. The molecular formula is C16H25ClN2O. The van der Waals surface area contributed by atoms with Crippen LogP contribution in [-0.4, -0.2) is 29.4 Å². The molecule has 0 aromatic heterocycles. The third-order valence-corrected chi connectivity index (χ3v) is 3.98. The summed E-state index contributed by atoms with van der Waals surface area (Å²) in [4.78, 5) is 14.2. The minimum atomic E-state index is 0. The molecule has 2 rings (SSSR count). The second kappa shape index (κ2) is 7.65. The van der Waals surface area contributed by atoms with Crippen LogP contribution in [0.3, 0.4) is 0 Å². The monoisotopic (exact) mass is 296 g/mol. The van der Waals surface area contributed by atoms with Gasteiger partial charge in [-0.05, 0) is 32.3 Å². The summed E-state index contributed by atoms with van der Waals surface area (Å²) in [5.41, 5.74) is 7.07. The third-order valence-electron chi connectivity index (χ3n) is 3.98. The lowest BCUT2D eigenvalue weighted by atomic mass is 9.97. The van der Waals surface area contributed by atoms with Gasteiger partial charge in [0.05, 0.1) is 0 Å². The number of nitrogens with zero attached hydrogens (tertiary/aromatic N) is 1. The van der Waals surface area contributed by atoms with E-state index in [-0.39, 0.29) is 24.4 Å². The van der Waals surface area contributed by atoms with E-state index in [4.69, 9.17) is 5.73 Å². The number of rotatable bonds is 4. The number of carbonyl (C=O) groups excluding carboxylic acids is 1. The van der Waals surface area contributed by atoms with Crippen molar-refractivity contribution in [1.29, 1.82) is 0 Å². The highest BCUT2D eigenvalue weighted by molar-refractivity contribution is 5.85. The summed E-state index contributed by atoms with van der Waals surface area (Å²) < 4.78 is 0. The van der Waals surface area contributed by atoms with E-state index in [9.17, 15) is 4.79 Å². The summed E-state index contributed by atoms with van der Waals surface area (Å²) in [5, 5.41) is 0. The molecule has 1 aromatic rings. The van der Waals surface area contributed by atoms with Gasteiger partial charge in [-0.2, -0.15) is 0 Å². The van der Waals surface area contributed by atoms with Gasteiger partial charge in [-0.25, -0.2) is 0 Å². The Morgan fingerprint density at radius 2 is 2.05 bits per heavy atom. The fraction of sp³-hybridized carbons (Fsp3) is 0.562. The first-order chi connectivity index (χ1) is 9.08. The Bertz CT molecular complexity index is 422. The zero-order valence-electron chi connectivity index (χ0n) is 12.3. The number of likely N-dealkylation sites (tertiary alicyclic amines) is 1. The first-order valence-electron chi connectivity index (χ1n) is 7.18. The second-order valence-corrected chi connectivity index (χ2v) is 5.75. The van der Waals surface area contributed by atoms with Crippen LogP contribution in [0.25, 0.3) is 0 Å². The second-order valence-electron chi connectivity index (χ2n) is 5.75. The number of hydrogen-bond acceptors (Lipinski definition) is 2. The van der Waals surface area contributed by atoms with Crippen molar-refractivity contribution in [3.05, 3.63) is 35.9 Å². The fourth-order valence-corrected chi connectivity index (χ4v) is 2.84. The van der Waals surface area contributed by atoms with Crippen LogP contribution in [0.1, 0.15) is 44.6 Å². The van der Waals surface area contributed by atoms with E-state index in [0.29, 0.717) is 18.4 Å². The molecule has 0 saturated carbocycles. The molecule has 0 spiro atoms. The van der Waals surface area contributed by atoms with Crippen LogP contribution in [0.5, 0.6) is 0 Å². The van der Waals surface area contributed by atoms with Crippen LogP contribution in [0, 0.1) is 0 Å². The molecule has 0 aliphatic carbocycles. The summed E-state index contributed by atoms with van der Waals surface area (Å²) in [7, 11) is 0. The Hall–Kier alpha value is -1.06. The number of amides is 1. The molecule has 1 saturated heterocycles. The highest BCUT2D eigenvalue weighted by Gasteiger charge is 2.32. The molecule has 1 aliphatic rings. The van der Waals surface area contributed by atoms with Crippen molar-refractivity contribution in [2.45, 2.75) is 51.1 Å². The van der Waals surface area contributed by atoms with Gasteiger partial charge in [0.1, 0.15) is 0 Å². The van der Waals surface area contributed by atoms with Crippen LogP contribution < -0.4 is 5.73 Å². The van der Waals surface area contributed by atoms with Crippen molar-refractivity contribution in [2.75, 3.05) is 6.54 Å². The molecule has 112 valence electrons. The first-order valence-corrected chi connectivity index (χ1v) is 7.18. The average molecular weight is 297 g/mol. The zero-order valence-corrected chi connectivity index (χ0v) is 13.1. The molecule has 1 aromatic carbocycles. The quantitative estimate of drug-likeness (QED) is 0.928. The van der Waals surface area contributed by atoms with E-state index < -0.39 is 0 Å². The summed E-state index contributed by atoms with van der Waals surface area (Å²) in [6, 6.07) is 10.9. The van der Waals surface area contributed by atoms with E-state index in [0.717, 1.165) is 19.4 Å². The highest BCUT2D eigenvalue weighted by Crippen LogP contribution is 2.31. The van der Waals surface area contributed by atoms with Crippen molar-refractivity contribution < 1.29 is 4.79 Å². The van der Waals surface area contributed by atoms with Crippen LogP contribution in [0.15, 0.2) is 30.3 Å². The molecule has 3 nitrogen and oxygen atoms in total. The number of hydrogen-bond donors (Lipinski definition) is 1. The topological polar surface area (TPSA) is 46.3 Å². The van der Waals surface area contributed by atoms with E-state index in [1.54, 1.807) is 0 Å². The Labute approximate surface area is 127 Å². The van der Waals surface area contributed by atoms with Crippen molar-refractivity contribution >= 4 is 18.3 Å². The summed E-state index contributed by atoms with van der Waals surface area (Å²) >= 11 is 0. The molecule has 2 N–H and O–H groups in total. The number of halogens is 1. The number of carbonyl (C=O) groups is 1. The lowest BCUT2D eigenvalue weighted by molar-refractivity contribution is -0.131. The molecular weight excluding hydrogens is 272 g/mol. The van der Waals surface area contributed by atoms with Crippen LogP contribution in [0.4, 0.5) is 0 Å². The Morgan fingerprint density at radius 1 is 1.40 bits per heavy atom. The number of benzene rings is 1. The van der Waals surface area contributed by atoms with E-state index >= 15 is 0 Å². The normalized spacial score (nSPS) is 23.2. The van der Waals surface area contributed by atoms with Gasteiger partial charge >= 0.3 is 0 Å². The Balaban J connectivity index is 0.00000200. The molecule has 1 fully saturated rings. The van der Waals surface area contributed by atoms with Crippen molar-refractivity contribution in [3.8, 4) is 0 Å². The van der Waals surface area contributed by atoms with Crippen molar-refractivity contribution in [3.63, 3.8) is 0 Å². The molecule has 0 radical (unpaired) electrons. The predicted octanol–water partition coefficient (Wildman–Crippen LogP) is 2.94.